The Bertz CT molecular complexity index is 545. The third-order valence-corrected chi connectivity index (χ3v) is 3.87. The fourth-order valence-corrected chi connectivity index (χ4v) is 2.65. The molecule has 1 amide bonds. The molecule has 1 fully saturated rings. The Morgan fingerprint density at radius 3 is 2.64 bits per heavy atom. The normalized spacial score (nSPS) is 15.2. The first-order valence-corrected chi connectivity index (χ1v) is 7.00. The van der Waals surface area contributed by atoms with Gasteiger partial charge in [-0.05, 0) is 44.5 Å². The highest BCUT2D eigenvalue weighted by Gasteiger charge is 2.24. The molecule has 1 heterocycles. The lowest BCUT2D eigenvalue weighted by atomic mass is 9.96. The number of benzene rings is 1. The number of nitro groups is 1. The number of amides is 1. The van der Waals surface area contributed by atoms with Crippen molar-refractivity contribution in [3.05, 3.63) is 33.9 Å². The van der Waals surface area contributed by atoms with Gasteiger partial charge in [0.25, 0.3) is 11.6 Å². The average Bonchev–Trinajstić information content (AvgIpc) is 2.48. The predicted octanol–water partition coefficient (Wildman–Crippen LogP) is 1.67. The third kappa shape index (κ3) is 4.08. The summed E-state index contributed by atoms with van der Waals surface area (Å²) in [6.45, 7) is 2.32. The molecular formula is C14H21ClN4O3. The number of nitrogens with two attached hydrogens (primary N) is 1. The molecule has 0 radical (unpaired) electrons. The minimum Gasteiger partial charge on any atom is -0.393 e. The van der Waals surface area contributed by atoms with Crippen LogP contribution < -0.4 is 11.1 Å². The van der Waals surface area contributed by atoms with E-state index in [1.165, 1.54) is 12.1 Å². The Kier molecular flexibility index (Phi) is 6.58. The number of nitro benzene ring substituents is 1. The monoisotopic (exact) mass is 328 g/mol. The molecule has 0 saturated carbocycles. The Morgan fingerprint density at radius 1 is 1.45 bits per heavy atom. The van der Waals surface area contributed by atoms with Crippen LogP contribution in [0.15, 0.2) is 18.2 Å². The number of nitrogens with zero attached hydrogens (tertiary/aromatic N) is 2. The van der Waals surface area contributed by atoms with Crippen LogP contribution in [0, 0.1) is 16.0 Å². The van der Waals surface area contributed by atoms with Crippen LogP contribution in [0.25, 0.3) is 0 Å². The molecule has 0 aromatic heterocycles. The lowest BCUT2D eigenvalue weighted by Crippen LogP contribution is -2.40. The van der Waals surface area contributed by atoms with Crippen LogP contribution in [0.5, 0.6) is 0 Å². The lowest BCUT2D eigenvalue weighted by molar-refractivity contribution is -0.383. The highest BCUT2D eigenvalue weighted by atomic mass is 35.5. The highest BCUT2D eigenvalue weighted by Crippen LogP contribution is 2.24. The number of hydrogen-bond acceptors (Lipinski definition) is 5. The summed E-state index contributed by atoms with van der Waals surface area (Å²) >= 11 is 0. The van der Waals surface area contributed by atoms with Crippen molar-refractivity contribution in [2.45, 2.75) is 12.8 Å². The summed E-state index contributed by atoms with van der Waals surface area (Å²) < 4.78 is 0. The van der Waals surface area contributed by atoms with Gasteiger partial charge in [0.15, 0.2) is 0 Å². The Labute approximate surface area is 135 Å². The molecule has 1 aromatic carbocycles. The molecule has 0 spiro atoms. The van der Waals surface area contributed by atoms with Gasteiger partial charge in [0.2, 0.25) is 0 Å². The van der Waals surface area contributed by atoms with Crippen LogP contribution in [0.4, 0.5) is 11.4 Å². The second kappa shape index (κ2) is 7.95. The second-order valence-corrected chi connectivity index (χ2v) is 5.32. The van der Waals surface area contributed by atoms with Crippen LogP contribution in [-0.2, 0) is 0 Å². The molecule has 122 valence electrons. The van der Waals surface area contributed by atoms with Crippen LogP contribution in [0.1, 0.15) is 23.2 Å². The van der Waals surface area contributed by atoms with E-state index in [4.69, 9.17) is 5.73 Å². The molecule has 3 N–H and O–H groups in total. The second-order valence-electron chi connectivity index (χ2n) is 5.32. The third-order valence-electron chi connectivity index (χ3n) is 3.87. The van der Waals surface area contributed by atoms with Crippen LogP contribution in [0.2, 0.25) is 0 Å². The summed E-state index contributed by atoms with van der Waals surface area (Å²) in [4.78, 5) is 24.5. The lowest BCUT2D eigenvalue weighted by Gasteiger charge is -2.32. The van der Waals surface area contributed by atoms with Gasteiger partial charge in [-0.25, -0.2) is 0 Å². The van der Waals surface area contributed by atoms with Crippen molar-refractivity contribution >= 4 is 29.7 Å². The number of hydrogen-bond donors (Lipinski definition) is 2. The minimum absolute atomic E-state index is 0. The van der Waals surface area contributed by atoms with Crippen molar-refractivity contribution in [1.82, 2.24) is 10.2 Å². The number of likely N-dealkylation sites (tertiary alicyclic amines) is 1. The Hall–Kier alpha value is -1.86. The van der Waals surface area contributed by atoms with Gasteiger partial charge in [0, 0.05) is 24.7 Å². The van der Waals surface area contributed by atoms with Crippen LogP contribution >= 0.6 is 12.4 Å². The number of carbonyl (C=O) groups excluding carboxylic acids is 1. The minimum atomic E-state index is -0.564. The molecular weight excluding hydrogens is 308 g/mol. The van der Waals surface area contributed by atoms with E-state index in [0.717, 1.165) is 19.4 Å². The van der Waals surface area contributed by atoms with Crippen molar-refractivity contribution in [3.63, 3.8) is 0 Å². The maximum Gasteiger partial charge on any atom is 0.292 e. The van der Waals surface area contributed by atoms with Gasteiger partial charge in [-0.15, -0.1) is 12.4 Å². The van der Waals surface area contributed by atoms with Crippen LogP contribution in [0.3, 0.4) is 0 Å². The summed E-state index contributed by atoms with van der Waals surface area (Å²) in [6, 6.07) is 4.22. The largest absolute Gasteiger partial charge is 0.393 e. The smallest absolute Gasteiger partial charge is 0.292 e. The average molecular weight is 329 g/mol. The molecule has 8 heteroatoms. The standard InChI is InChI=1S/C14H20N4O3.ClH/c1-16-9-10-4-6-17(7-5-10)14(19)11-2-3-12(15)13(8-11)18(20)21;/h2-3,8,10,16H,4-7,9,15H2,1H3;1H. The topological polar surface area (TPSA) is 102 Å². The van der Waals surface area contributed by atoms with Gasteiger partial charge in [-0.2, -0.15) is 0 Å². The summed E-state index contributed by atoms with van der Waals surface area (Å²) in [5.74, 6) is 0.417. The zero-order valence-electron chi connectivity index (χ0n) is 12.4. The first kappa shape index (κ1) is 18.2. The molecule has 0 bridgehead atoms. The van der Waals surface area contributed by atoms with E-state index in [0.29, 0.717) is 24.6 Å². The molecule has 0 atom stereocenters. The van der Waals surface area contributed by atoms with E-state index in [9.17, 15) is 14.9 Å². The zero-order chi connectivity index (χ0) is 15.4. The molecule has 0 unspecified atom stereocenters. The van der Waals surface area contributed by atoms with E-state index in [1.54, 1.807) is 11.0 Å². The van der Waals surface area contributed by atoms with Gasteiger partial charge in [-0.1, -0.05) is 0 Å². The van der Waals surface area contributed by atoms with Crippen molar-refractivity contribution in [2.24, 2.45) is 5.92 Å². The molecule has 1 aliphatic heterocycles. The molecule has 22 heavy (non-hydrogen) atoms. The summed E-state index contributed by atoms with van der Waals surface area (Å²) in [7, 11) is 1.92. The van der Waals surface area contributed by atoms with Crippen molar-refractivity contribution in [3.8, 4) is 0 Å². The summed E-state index contributed by atoms with van der Waals surface area (Å²) in [6.07, 6.45) is 1.90. The van der Waals surface area contributed by atoms with E-state index >= 15 is 0 Å². The van der Waals surface area contributed by atoms with Gasteiger partial charge in [0.05, 0.1) is 4.92 Å². The number of anilines is 1. The number of nitrogens with one attached hydrogen (secondary N) is 1. The molecule has 0 aliphatic carbocycles. The fraction of sp³-hybridized carbons (Fsp3) is 0.500. The number of nitrogen functional groups attached to an aromatic ring is 1. The molecule has 7 nitrogen and oxygen atoms in total. The van der Waals surface area contributed by atoms with Crippen molar-refractivity contribution in [1.29, 1.82) is 0 Å². The summed E-state index contributed by atoms with van der Waals surface area (Å²) in [5.41, 5.74) is 5.73. The van der Waals surface area contributed by atoms with E-state index in [1.807, 2.05) is 7.05 Å². The van der Waals surface area contributed by atoms with E-state index in [2.05, 4.69) is 5.32 Å². The van der Waals surface area contributed by atoms with E-state index in [-0.39, 0.29) is 29.7 Å². The maximum absolute atomic E-state index is 12.4. The Morgan fingerprint density at radius 2 is 2.09 bits per heavy atom. The molecule has 1 saturated heterocycles. The molecule has 2 rings (SSSR count). The first-order chi connectivity index (χ1) is 10.0. The van der Waals surface area contributed by atoms with Gasteiger partial charge >= 0.3 is 0 Å². The van der Waals surface area contributed by atoms with E-state index < -0.39 is 4.92 Å². The number of halogens is 1. The van der Waals surface area contributed by atoms with Crippen molar-refractivity contribution in [2.75, 3.05) is 32.4 Å². The van der Waals surface area contributed by atoms with Crippen LogP contribution in [-0.4, -0.2) is 42.4 Å². The number of piperidine rings is 1. The van der Waals surface area contributed by atoms with Gasteiger partial charge in [0.1, 0.15) is 5.69 Å². The SMILES string of the molecule is CNCC1CCN(C(=O)c2ccc(N)c([N+](=O)[O-])c2)CC1.Cl. The predicted molar refractivity (Wildman–Crippen MR) is 87.3 cm³/mol. The Balaban J connectivity index is 0.00000242. The number of rotatable bonds is 4. The van der Waals surface area contributed by atoms with Gasteiger partial charge in [-0.3, -0.25) is 14.9 Å². The van der Waals surface area contributed by atoms with Crippen molar-refractivity contribution < 1.29 is 9.72 Å². The zero-order valence-corrected chi connectivity index (χ0v) is 13.3. The fourth-order valence-electron chi connectivity index (χ4n) is 2.65. The molecule has 1 aromatic rings. The van der Waals surface area contributed by atoms with Gasteiger partial charge < -0.3 is 16.0 Å². The molecule has 1 aliphatic rings. The summed E-state index contributed by atoms with van der Waals surface area (Å²) in [5, 5.41) is 14.0. The number of carbonyl (C=O) groups is 1. The first-order valence-electron chi connectivity index (χ1n) is 7.00. The highest BCUT2D eigenvalue weighted by molar-refractivity contribution is 5.95. The maximum atomic E-state index is 12.4. The quantitative estimate of drug-likeness (QED) is 0.497.